The van der Waals surface area contributed by atoms with Gasteiger partial charge in [-0.25, -0.2) is 9.37 Å². The van der Waals surface area contributed by atoms with E-state index in [0.29, 0.717) is 16.8 Å². The van der Waals surface area contributed by atoms with Gasteiger partial charge in [-0.2, -0.15) is 0 Å². The molecule has 17 heavy (non-hydrogen) atoms. The molecule has 0 aliphatic heterocycles. The Bertz CT molecular complexity index is 678. The summed E-state index contributed by atoms with van der Waals surface area (Å²) in [5, 5.41) is 4.22. The molecule has 3 heterocycles. The number of hydrogen-bond acceptors (Lipinski definition) is 5. The van der Waals surface area contributed by atoms with Crippen LogP contribution in [0.2, 0.25) is 0 Å². The van der Waals surface area contributed by atoms with Crippen LogP contribution < -0.4 is 5.73 Å². The van der Waals surface area contributed by atoms with E-state index in [1.54, 1.807) is 18.3 Å². The fourth-order valence-corrected chi connectivity index (χ4v) is 1.54. The Hall–Kier alpha value is -2.50. The summed E-state index contributed by atoms with van der Waals surface area (Å²) in [4.78, 5) is 8.02. The van der Waals surface area contributed by atoms with Crippen LogP contribution in [0.5, 0.6) is 0 Å². The number of hydrogen-bond donors (Lipinski definition) is 1. The zero-order valence-corrected chi connectivity index (χ0v) is 8.59. The second-order valence-electron chi connectivity index (χ2n) is 3.51. The van der Waals surface area contributed by atoms with E-state index in [9.17, 15) is 4.39 Å². The van der Waals surface area contributed by atoms with Crippen LogP contribution in [0.15, 0.2) is 35.1 Å². The lowest BCUT2D eigenvalue weighted by molar-refractivity contribution is 0.452. The summed E-state index contributed by atoms with van der Waals surface area (Å²) < 4.78 is 17.6. The largest absolute Gasteiger partial charge is 0.380 e. The van der Waals surface area contributed by atoms with Crippen molar-refractivity contribution >= 4 is 16.9 Å². The molecule has 0 aromatic carbocycles. The molecule has 84 valence electrons. The fraction of sp³-hybridized carbons (Fsp3) is 0. The molecule has 0 bridgehead atoms. The summed E-state index contributed by atoms with van der Waals surface area (Å²) in [5.41, 5.74) is 7.33. The van der Waals surface area contributed by atoms with Crippen LogP contribution in [0.3, 0.4) is 0 Å². The zero-order valence-electron chi connectivity index (χ0n) is 8.59. The minimum absolute atomic E-state index is 0.275. The summed E-state index contributed by atoms with van der Waals surface area (Å²) in [7, 11) is 0. The van der Waals surface area contributed by atoms with Gasteiger partial charge in [-0.1, -0.05) is 5.16 Å². The van der Waals surface area contributed by atoms with Crippen LogP contribution >= 0.6 is 0 Å². The maximum Gasteiger partial charge on any atom is 0.259 e. The predicted molar refractivity (Wildman–Crippen MR) is 59.4 cm³/mol. The molecule has 6 heteroatoms. The van der Waals surface area contributed by atoms with Crippen molar-refractivity contribution in [2.45, 2.75) is 0 Å². The van der Waals surface area contributed by atoms with Crippen LogP contribution in [-0.4, -0.2) is 15.1 Å². The van der Waals surface area contributed by atoms with Crippen molar-refractivity contribution in [2.24, 2.45) is 0 Å². The highest BCUT2D eigenvalue weighted by Gasteiger charge is 2.08. The zero-order chi connectivity index (χ0) is 11.8. The van der Waals surface area contributed by atoms with Crippen molar-refractivity contribution < 1.29 is 8.91 Å². The number of aromatic nitrogens is 3. The van der Waals surface area contributed by atoms with Gasteiger partial charge in [0.05, 0.1) is 17.3 Å². The van der Waals surface area contributed by atoms with Gasteiger partial charge in [-0.15, -0.1) is 0 Å². The van der Waals surface area contributed by atoms with E-state index in [-0.39, 0.29) is 11.6 Å². The number of nitrogen functional groups attached to an aromatic ring is 1. The minimum Gasteiger partial charge on any atom is -0.380 e. The molecule has 0 spiro atoms. The summed E-state index contributed by atoms with van der Waals surface area (Å²) in [5.74, 6) is -0.108. The molecule has 0 radical (unpaired) electrons. The highest BCUT2D eigenvalue weighted by atomic mass is 19.1. The summed E-state index contributed by atoms with van der Waals surface area (Å²) >= 11 is 0. The van der Waals surface area contributed by atoms with Crippen LogP contribution in [-0.2, 0) is 0 Å². The number of fused-ring (bicyclic) bond motifs is 1. The lowest BCUT2D eigenvalue weighted by Gasteiger charge is -1.99. The molecule has 0 saturated carbocycles. The molecule has 3 aromatic rings. The maximum absolute atomic E-state index is 12.7. The first-order valence-electron chi connectivity index (χ1n) is 4.87. The molecule has 0 unspecified atom stereocenters. The van der Waals surface area contributed by atoms with E-state index in [1.807, 2.05) is 0 Å². The molecule has 5 nitrogen and oxygen atoms in total. The molecule has 0 aliphatic rings. The SMILES string of the molecule is Nc1noc2ncc(-c3ccc(F)cn3)cc12. The molecule has 0 atom stereocenters. The van der Waals surface area contributed by atoms with E-state index >= 15 is 0 Å². The Kier molecular flexibility index (Phi) is 2.01. The van der Waals surface area contributed by atoms with E-state index in [2.05, 4.69) is 15.1 Å². The quantitative estimate of drug-likeness (QED) is 0.691. The molecular formula is C11H7FN4O. The van der Waals surface area contributed by atoms with Gasteiger partial charge in [-0.3, -0.25) is 4.98 Å². The van der Waals surface area contributed by atoms with Crippen LogP contribution in [0.4, 0.5) is 10.2 Å². The second kappa shape index (κ2) is 3.51. The Morgan fingerprint density at radius 3 is 2.82 bits per heavy atom. The molecule has 3 rings (SSSR count). The number of pyridine rings is 2. The molecular weight excluding hydrogens is 223 g/mol. The third-order valence-corrected chi connectivity index (χ3v) is 2.38. The highest BCUT2D eigenvalue weighted by Crippen LogP contribution is 2.24. The fourth-order valence-electron chi connectivity index (χ4n) is 1.54. The molecule has 0 aliphatic carbocycles. The first kappa shape index (κ1) is 9.71. The Morgan fingerprint density at radius 2 is 2.06 bits per heavy atom. The van der Waals surface area contributed by atoms with Crippen molar-refractivity contribution in [1.29, 1.82) is 0 Å². The van der Waals surface area contributed by atoms with Gasteiger partial charge in [0.2, 0.25) is 0 Å². The lowest BCUT2D eigenvalue weighted by atomic mass is 10.1. The summed E-state index contributed by atoms with van der Waals surface area (Å²) in [6.07, 6.45) is 2.73. The smallest absolute Gasteiger partial charge is 0.259 e. The van der Waals surface area contributed by atoms with Gasteiger partial charge in [-0.05, 0) is 18.2 Å². The predicted octanol–water partition coefficient (Wildman–Crippen LogP) is 2.01. The van der Waals surface area contributed by atoms with Crippen molar-refractivity contribution in [2.75, 3.05) is 5.73 Å². The van der Waals surface area contributed by atoms with Crippen molar-refractivity contribution in [3.63, 3.8) is 0 Å². The van der Waals surface area contributed by atoms with Crippen LogP contribution in [0, 0.1) is 5.82 Å². The minimum atomic E-state index is -0.382. The van der Waals surface area contributed by atoms with E-state index in [4.69, 9.17) is 10.3 Å². The van der Waals surface area contributed by atoms with Crippen molar-refractivity contribution in [3.05, 3.63) is 36.4 Å². The van der Waals surface area contributed by atoms with Gasteiger partial charge in [0.1, 0.15) is 5.82 Å². The maximum atomic E-state index is 12.7. The average Bonchev–Trinajstić information content (AvgIpc) is 2.72. The highest BCUT2D eigenvalue weighted by molar-refractivity contribution is 5.87. The van der Waals surface area contributed by atoms with E-state index in [0.717, 1.165) is 11.8 Å². The number of nitrogens with zero attached hydrogens (tertiary/aromatic N) is 3. The van der Waals surface area contributed by atoms with E-state index < -0.39 is 0 Å². The van der Waals surface area contributed by atoms with Crippen LogP contribution in [0.1, 0.15) is 0 Å². The van der Waals surface area contributed by atoms with Gasteiger partial charge >= 0.3 is 0 Å². The normalized spacial score (nSPS) is 10.9. The molecule has 0 saturated heterocycles. The Labute approximate surface area is 95.1 Å². The monoisotopic (exact) mass is 230 g/mol. The number of halogens is 1. The Morgan fingerprint density at radius 1 is 1.18 bits per heavy atom. The molecule has 3 aromatic heterocycles. The van der Waals surface area contributed by atoms with Gasteiger partial charge in [0.25, 0.3) is 5.71 Å². The van der Waals surface area contributed by atoms with Crippen LogP contribution in [0.25, 0.3) is 22.4 Å². The third kappa shape index (κ3) is 1.59. The molecule has 0 amide bonds. The summed E-state index contributed by atoms with van der Waals surface area (Å²) in [6.45, 7) is 0. The first-order chi connectivity index (χ1) is 8.24. The molecule has 2 N–H and O–H groups in total. The van der Waals surface area contributed by atoms with Crippen molar-refractivity contribution in [3.8, 4) is 11.3 Å². The second-order valence-corrected chi connectivity index (χ2v) is 3.51. The lowest BCUT2D eigenvalue weighted by Crippen LogP contribution is -1.88. The Balaban J connectivity index is 2.17. The van der Waals surface area contributed by atoms with E-state index in [1.165, 1.54) is 6.07 Å². The van der Waals surface area contributed by atoms with Gasteiger partial charge in [0, 0.05) is 11.8 Å². The number of nitrogens with two attached hydrogens (primary N) is 1. The van der Waals surface area contributed by atoms with Crippen molar-refractivity contribution in [1.82, 2.24) is 15.1 Å². The van der Waals surface area contributed by atoms with Gasteiger partial charge < -0.3 is 10.3 Å². The third-order valence-electron chi connectivity index (χ3n) is 2.38. The average molecular weight is 230 g/mol. The first-order valence-corrected chi connectivity index (χ1v) is 4.87. The van der Waals surface area contributed by atoms with Gasteiger partial charge in [0.15, 0.2) is 5.82 Å². The number of rotatable bonds is 1. The summed E-state index contributed by atoms with van der Waals surface area (Å²) in [6, 6.07) is 4.67. The topological polar surface area (TPSA) is 77.8 Å². The molecule has 0 fully saturated rings. The number of anilines is 1. The standard InChI is InChI=1S/C11H7FN4O/c12-7-1-2-9(14-5-7)6-3-8-10(13)16-17-11(8)15-4-6/h1-5H,(H2,13,16).